The van der Waals surface area contributed by atoms with E-state index in [1.54, 1.807) is 7.11 Å². The van der Waals surface area contributed by atoms with E-state index in [1.165, 1.54) is 32.1 Å². The third kappa shape index (κ3) is 5.39. The van der Waals surface area contributed by atoms with Crippen molar-refractivity contribution in [3.63, 3.8) is 0 Å². The molecule has 2 nitrogen and oxygen atoms in total. The van der Waals surface area contributed by atoms with E-state index >= 15 is 0 Å². The van der Waals surface area contributed by atoms with Crippen LogP contribution in [0.4, 0.5) is 0 Å². The fourth-order valence-corrected chi connectivity index (χ4v) is 3.55. The molecule has 1 rings (SSSR count). The average molecular weight is 241 g/mol. The number of nitrogens with one attached hydrogen (secondary N) is 1. The van der Waals surface area contributed by atoms with E-state index in [1.807, 2.05) is 0 Å². The highest BCUT2D eigenvalue weighted by atomic mass is 16.5. The number of hydrogen-bond donors (Lipinski definition) is 1. The van der Waals surface area contributed by atoms with Crippen molar-refractivity contribution in [3.05, 3.63) is 0 Å². The monoisotopic (exact) mass is 241 g/mol. The summed E-state index contributed by atoms with van der Waals surface area (Å²) in [7, 11) is 1.80. The summed E-state index contributed by atoms with van der Waals surface area (Å²) in [4.78, 5) is 0. The minimum absolute atomic E-state index is 0.709. The fraction of sp³-hybridized carbons (Fsp3) is 1.00. The highest BCUT2D eigenvalue weighted by Crippen LogP contribution is 2.35. The van der Waals surface area contributed by atoms with Gasteiger partial charge < -0.3 is 10.1 Å². The summed E-state index contributed by atoms with van der Waals surface area (Å²) in [5, 5.41) is 3.70. The van der Waals surface area contributed by atoms with Crippen LogP contribution in [-0.2, 0) is 4.74 Å². The molecule has 0 saturated heterocycles. The summed E-state index contributed by atoms with van der Waals surface area (Å²) in [5.74, 6) is 2.70. The predicted molar refractivity (Wildman–Crippen MR) is 74.2 cm³/mol. The van der Waals surface area contributed by atoms with E-state index in [4.69, 9.17) is 4.74 Å². The summed E-state index contributed by atoms with van der Waals surface area (Å²) < 4.78 is 5.17. The smallest absolute Gasteiger partial charge is 0.0462 e. The van der Waals surface area contributed by atoms with Crippen LogP contribution in [-0.4, -0.2) is 26.3 Å². The molecule has 0 aliphatic heterocycles. The molecule has 0 bridgehead atoms. The van der Waals surface area contributed by atoms with Gasteiger partial charge in [0.2, 0.25) is 0 Å². The number of ether oxygens (including phenoxy) is 1. The van der Waals surface area contributed by atoms with Gasteiger partial charge in [-0.2, -0.15) is 0 Å². The molecule has 17 heavy (non-hydrogen) atoms. The molecular weight excluding hydrogens is 210 g/mol. The van der Waals surface area contributed by atoms with Crippen LogP contribution in [0.1, 0.15) is 52.9 Å². The lowest BCUT2D eigenvalue weighted by Crippen LogP contribution is -2.39. The van der Waals surface area contributed by atoms with Crippen molar-refractivity contribution >= 4 is 0 Å². The second-order valence-corrected chi connectivity index (χ2v) is 5.98. The van der Waals surface area contributed by atoms with Crippen molar-refractivity contribution < 1.29 is 4.74 Å². The van der Waals surface area contributed by atoms with Crippen LogP contribution in [0.15, 0.2) is 0 Å². The molecule has 2 heteroatoms. The molecule has 3 unspecified atom stereocenters. The first-order valence-electron chi connectivity index (χ1n) is 7.39. The molecule has 1 saturated carbocycles. The molecule has 0 spiro atoms. The zero-order valence-corrected chi connectivity index (χ0v) is 12.2. The predicted octanol–water partition coefficient (Wildman–Crippen LogP) is 3.46. The first-order valence-corrected chi connectivity index (χ1v) is 7.39. The topological polar surface area (TPSA) is 21.3 Å². The molecule has 102 valence electrons. The second kappa shape index (κ2) is 8.10. The lowest BCUT2D eigenvalue weighted by atomic mass is 9.73. The van der Waals surface area contributed by atoms with Crippen molar-refractivity contribution in [1.82, 2.24) is 5.32 Å². The van der Waals surface area contributed by atoms with Gasteiger partial charge in [0.25, 0.3) is 0 Å². The van der Waals surface area contributed by atoms with E-state index in [0.717, 1.165) is 30.9 Å². The SMILES string of the molecule is CCNC(CCCOC)C1CC(C)CC(C)C1. The lowest BCUT2D eigenvalue weighted by molar-refractivity contribution is 0.152. The largest absolute Gasteiger partial charge is 0.385 e. The second-order valence-electron chi connectivity index (χ2n) is 5.98. The normalized spacial score (nSPS) is 31.4. The standard InChI is InChI=1S/C15H31NO/c1-5-16-15(7-6-8-17-4)14-10-12(2)9-13(3)11-14/h12-16H,5-11H2,1-4H3. The molecule has 1 aliphatic rings. The van der Waals surface area contributed by atoms with Gasteiger partial charge in [-0.05, 0) is 56.4 Å². The molecule has 0 heterocycles. The van der Waals surface area contributed by atoms with E-state index in [-0.39, 0.29) is 0 Å². The van der Waals surface area contributed by atoms with Crippen LogP contribution in [0, 0.1) is 17.8 Å². The molecule has 1 N–H and O–H groups in total. The highest BCUT2D eigenvalue weighted by Gasteiger charge is 2.29. The summed E-state index contributed by atoms with van der Waals surface area (Å²) in [6, 6.07) is 0.709. The zero-order valence-electron chi connectivity index (χ0n) is 12.2. The van der Waals surface area contributed by atoms with Crippen LogP contribution in [0.2, 0.25) is 0 Å². The molecule has 0 aromatic rings. The Labute approximate surface area is 108 Å². The molecule has 0 aromatic carbocycles. The third-order valence-electron chi connectivity index (χ3n) is 4.11. The van der Waals surface area contributed by atoms with Crippen molar-refractivity contribution in [2.75, 3.05) is 20.3 Å². The Balaban J connectivity index is 2.43. The van der Waals surface area contributed by atoms with E-state index in [0.29, 0.717) is 6.04 Å². The Kier molecular flexibility index (Phi) is 7.14. The average Bonchev–Trinajstić information content (AvgIpc) is 2.27. The van der Waals surface area contributed by atoms with Crippen molar-refractivity contribution in [3.8, 4) is 0 Å². The molecule has 0 amide bonds. The van der Waals surface area contributed by atoms with Crippen LogP contribution in [0.5, 0.6) is 0 Å². The molecular formula is C15H31NO. The maximum Gasteiger partial charge on any atom is 0.0462 e. The van der Waals surface area contributed by atoms with Gasteiger partial charge in [-0.1, -0.05) is 20.8 Å². The van der Waals surface area contributed by atoms with Gasteiger partial charge in [0, 0.05) is 19.8 Å². The first kappa shape index (κ1) is 15.0. The van der Waals surface area contributed by atoms with Crippen molar-refractivity contribution in [1.29, 1.82) is 0 Å². The van der Waals surface area contributed by atoms with Crippen molar-refractivity contribution in [2.45, 2.75) is 58.9 Å². The fourth-order valence-electron chi connectivity index (χ4n) is 3.55. The summed E-state index contributed by atoms with van der Waals surface area (Å²) in [6.07, 6.45) is 6.70. The third-order valence-corrected chi connectivity index (χ3v) is 4.11. The van der Waals surface area contributed by atoms with Crippen molar-refractivity contribution in [2.24, 2.45) is 17.8 Å². The van der Waals surface area contributed by atoms with E-state index < -0.39 is 0 Å². The lowest BCUT2D eigenvalue weighted by Gasteiger charge is -2.37. The molecule has 0 radical (unpaired) electrons. The Morgan fingerprint density at radius 2 is 1.82 bits per heavy atom. The number of hydrogen-bond acceptors (Lipinski definition) is 2. The molecule has 3 atom stereocenters. The van der Waals surface area contributed by atoms with Crippen LogP contribution >= 0.6 is 0 Å². The maximum absolute atomic E-state index is 5.17. The van der Waals surface area contributed by atoms with Gasteiger partial charge in [-0.15, -0.1) is 0 Å². The number of methoxy groups -OCH3 is 1. The Morgan fingerprint density at radius 1 is 1.18 bits per heavy atom. The summed E-state index contributed by atoms with van der Waals surface area (Å²) >= 11 is 0. The van der Waals surface area contributed by atoms with E-state index in [9.17, 15) is 0 Å². The molecule has 1 aliphatic carbocycles. The van der Waals surface area contributed by atoms with E-state index in [2.05, 4.69) is 26.1 Å². The van der Waals surface area contributed by atoms with Gasteiger partial charge in [-0.3, -0.25) is 0 Å². The first-order chi connectivity index (χ1) is 8.17. The minimum atomic E-state index is 0.709. The minimum Gasteiger partial charge on any atom is -0.385 e. The van der Waals surface area contributed by atoms with Gasteiger partial charge in [-0.25, -0.2) is 0 Å². The van der Waals surface area contributed by atoms with Gasteiger partial charge in [0.05, 0.1) is 0 Å². The Hall–Kier alpha value is -0.0800. The maximum atomic E-state index is 5.17. The Morgan fingerprint density at radius 3 is 2.35 bits per heavy atom. The quantitative estimate of drug-likeness (QED) is 0.689. The van der Waals surface area contributed by atoms with Gasteiger partial charge >= 0.3 is 0 Å². The van der Waals surface area contributed by atoms with Crippen LogP contribution in [0.25, 0.3) is 0 Å². The molecule has 0 aromatic heterocycles. The summed E-state index contributed by atoms with van der Waals surface area (Å²) in [6.45, 7) is 9.05. The van der Waals surface area contributed by atoms with Crippen LogP contribution < -0.4 is 5.32 Å². The van der Waals surface area contributed by atoms with Gasteiger partial charge in [0.1, 0.15) is 0 Å². The molecule has 1 fully saturated rings. The zero-order chi connectivity index (χ0) is 12.7. The summed E-state index contributed by atoms with van der Waals surface area (Å²) in [5.41, 5.74) is 0. The highest BCUT2D eigenvalue weighted by molar-refractivity contribution is 4.83. The van der Waals surface area contributed by atoms with Crippen LogP contribution in [0.3, 0.4) is 0 Å². The Bertz CT molecular complexity index is 185. The number of rotatable bonds is 7. The van der Waals surface area contributed by atoms with Gasteiger partial charge in [0.15, 0.2) is 0 Å².